The second kappa shape index (κ2) is 5.28. The van der Waals surface area contributed by atoms with Crippen molar-refractivity contribution in [3.8, 4) is 0 Å². The third kappa shape index (κ3) is 2.47. The van der Waals surface area contributed by atoms with Crippen molar-refractivity contribution >= 4 is 21.4 Å². The zero-order chi connectivity index (χ0) is 13.3. The molecule has 1 aliphatic rings. The van der Waals surface area contributed by atoms with Crippen LogP contribution in [0.1, 0.15) is 25.1 Å². The summed E-state index contributed by atoms with van der Waals surface area (Å²) in [7, 11) is -3.43. The van der Waals surface area contributed by atoms with Gasteiger partial charge in [0.2, 0.25) is 10.0 Å². The summed E-state index contributed by atoms with van der Waals surface area (Å²) < 4.78 is 26.6. The first-order chi connectivity index (χ1) is 8.46. The minimum Gasteiger partial charge on any atom is -0.391 e. The molecule has 0 amide bonds. The molecule has 2 rings (SSSR count). The van der Waals surface area contributed by atoms with Crippen LogP contribution < -0.4 is 0 Å². The predicted molar refractivity (Wildman–Crippen MR) is 71.9 cm³/mol. The molecule has 102 valence electrons. The molecule has 1 aromatic heterocycles. The van der Waals surface area contributed by atoms with Crippen LogP contribution in [-0.2, 0) is 16.6 Å². The molecule has 1 saturated heterocycles. The van der Waals surface area contributed by atoms with E-state index in [9.17, 15) is 13.5 Å². The van der Waals surface area contributed by atoms with Gasteiger partial charge in [-0.15, -0.1) is 11.3 Å². The number of rotatable bonds is 3. The molecule has 2 heterocycles. The van der Waals surface area contributed by atoms with E-state index in [0.29, 0.717) is 29.8 Å². The van der Waals surface area contributed by atoms with E-state index >= 15 is 0 Å². The molecule has 0 radical (unpaired) electrons. The van der Waals surface area contributed by atoms with Crippen LogP contribution in [0.3, 0.4) is 0 Å². The first-order valence-corrected chi connectivity index (χ1v) is 8.46. The number of aliphatic hydroxyl groups is 1. The number of aliphatic hydroxyl groups excluding tert-OH is 1. The van der Waals surface area contributed by atoms with Crippen molar-refractivity contribution in [3.63, 3.8) is 0 Å². The maximum Gasteiger partial charge on any atom is 0.244 e. The molecule has 2 atom stereocenters. The Morgan fingerprint density at radius 2 is 2.17 bits per heavy atom. The summed E-state index contributed by atoms with van der Waals surface area (Å²) >= 11 is 1.29. The summed E-state index contributed by atoms with van der Waals surface area (Å²) in [6.45, 7) is 5.19. The lowest BCUT2D eigenvalue weighted by atomic mass is 9.90. The highest BCUT2D eigenvalue weighted by atomic mass is 32.2. The number of hydrogen-bond donors (Lipinski definition) is 1. The Bertz CT molecular complexity index is 509. The van der Waals surface area contributed by atoms with Crippen molar-refractivity contribution in [2.24, 2.45) is 11.8 Å². The molecule has 1 N–H and O–H groups in total. The van der Waals surface area contributed by atoms with E-state index in [0.717, 1.165) is 6.42 Å². The highest BCUT2D eigenvalue weighted by molar-refractivity contribution is 7.89. The Labute approximate surface area is 112 Å². The van der Waals surface area contributed by atoms with Crippen molar-refractivity contribution in [2.45, 2.75) is 31.8 Å². The average molecular weight is 289 g/mol. The number of nitrogens with zero attached hydrogens (tertiary/aromatic N) is 1. The van der Waals surface area contributed by atoms with Crippen molar-refractivity contribution in [2.75, 3.05) is 13.1 Å². The van der Waals surface area contributed by atoms with E-state index in [2.05, 4.69) is 13.8 Å². The van der Waals surface area contributed by atoms with E-state index in [1.165, 1.54) is 11.3 Å². The van der Waals surface area contributed by atoms with Gasteiger partial charge in [-0.1, -0.05) is 13.8 Å². The molecule has 1 aromatic rings. The lowest BCUT2D eigenvalue weighted by Gasteiger charge is -2.34. The second-order valence-electron chi connectivity index (χ2n) is 4.97. The Hall–Kier alpha value is -0.430. The molecule has 0 aromatic carbocycles. The molecular weight excluding hydrogens is 270 g/mol. The highest BCUT2D eigenvalue weighted by Crippen LogP contribution is 2.30. The Kier molecular flexibility index (Phi) is 4.11. The van der Waals surface area contributed by atoms with Gasteiger partial charge >= 0.3 is 0 Å². The molecule has 0 aliphatic carbocycles. The summed E-state index contributed by atoms with van der Waals surface area (Å²) in [6, 6.07) is 1.59. The molecule has 6 heteroatoms. The van der Waals surface area contributed by atoms with E-state index in [1.807, 2.05) is 0 Å². The van der Waals surface area contributed by atoms with Gasteiger partial charge in [0.05, 0.1) is 11.5 Å². The van der Waals surface area contributed by atoms with Gasteiger partial charge in [0, 0.05) is 18.0 Å². The smallest absolute Gasteiger partial charge is 0.244 e. The summed E-state index contributed by atoms with van der Waals surface area (Å²) in [5.41, 5.74) is 0. The maximum absolute atomic E-state index is 12.5. The van der Waals surface area contributed by atoms with Crippen LogP contribution in [0.5, 0.6) is 0 Å². The lowest BCUT2D eigenvalue weighted by molar-refractivity contribution is 0.212. The molecule has 0 bridgehead atoms. The number of piperidine rings is 1. The van der Waals surface area contributed by atoms with Gasteiger partial charge in [0.25, 0.3) is 0 Å². The first kappa shape index (κ1) is 14.0. The summed E-state index contributed by atoms with van der Waals surface area (Å²) in [5.74, 6) is 0.945. The second-order valence-corrected chi connectivity index (χ2v) is 7.88. The van der Waals surface area contributed by atoms with E-state index < -0.39 is 10.0 Å². The van der Waals surface area contributed by atoms with E-state index in [1.54, 1.807) is 15.8 Å². The number of sulfonamides is 1. The standard InChI is InChI=1S/C12H19NO3S2/c1-9-3-5-13(7-10(9)2)18(15,16)12-4-6-17-11(12)8-14/h4,6,9-10,14H,3,5,7-8H2,1-2H3. The molecule has 18 heavy (non-hydrogen) atoms. The largest absolute Gasteiger partial charge is 0.391 e. The van der Waals surface area contributed by atoms with Crippen LogP contribution in [0, 0.1) is 11.8 Å². The van der Waals surface area contributed by atoms with Crippen LogP contribution >= 0.6 is 11.3 Å². The van der Waals surface area contributed by atoms with Crippen LogP contribution in [0.15, 0.2) is 16.3 Å². The first-order valence-electron chi connectivity index (χ1n) is 6.14. The molecule has 0 spiro atoms. The zero-order valence-corrected chi connectivity index (χ0v) is 12.3. The molecule has 1 fully saturated rings. The SMILES string of the molecule is CC1CCN(S(=O)(=O)c2ccsc2CO)CC1C. The van der Waals surface area contributed by atoms with Gasteiger partial charge in [-0.05, 0) is 29.7 Å². The van der Waals surface area contributed by atoms with Gasteiger partial charge in [0.15, 0.2) is 0 Å². The van der Waals surface area contributed by atoms with Crippen LogP contribution in [0.2, 0.25) is 0 Å². The van der Waals surface area contributed by atoms with Crippen molar-refractivity contribution in [3.05, 3.63) is 16.3 Å². The zero-order valence-electron chi connectivity index (χ0n) is 10.7. The fourth-order valence-electron chi connectivity index (χ4n) is 2.26. The van der Waals surface area contributed by atoms with Gasteiger partial charge in [-0.25, -0.2) is 8.42 Å². The number of hydrogen-bond acceptors (Lipinski definition) is 4. The maximum atomic E-state index is 12.5. The fourth-order valence-corrected chi connectivity index (χ4v) is 5.08. The van der Waals surface area contributed by atoms with Crippen molar-refractivity contribution in [1.82, 2.24) is 4.31 Å². The molecule has 4 nitrogen and oxygen atoms in total. The van der Waals surface area contributed by atoms with Crippen LogP contribution in [0.25, 0.3) is 0 Å². The Morgan fingerprint density at radius 3 is 2.78 bits per heavy atom. The summed E-state index contributed by atoms with van der Waals surface area (Å²) in [4.78, 5) is 0.804. The van der Waals surface area contributed by atoms with Gasteiger partial charge in [-0.2, -0.15) is 4.31 Å². The molecule has 1 aliphatic heterocycles. The Balaban J connectivity index is 2.27. The van der Waals surface area contributed by atoms with Crippen molar-refractivity contribution in [1.29, 1.82) is 0 Å². The van der Waals surface area contributed by atoms with Gasteiger partial charge in [-0.3, -0.25) is 0 Å². The van der Waals surface area contributed by atoms with Crippen LogP contribution in [0.4, 0.5) is 0 Å². The minimum absolute atomic E-state index is 0.216. The average Bonchev–Trinajstić information content (AvgIpc) is 2.81. The monoisotopic (exact) mass is 289 g/mol. The highest BCUT2D eigenvalue weighted by Gasteiger charge is 2.33. The lowest BCUT2D eigenvalue weighted by Crippen LogP contribution is -2.42. The topological polar surface area (TPSA) is 57.6 Å². The summed E-state index contributed by atoms with van der Waals surface area (Å²) in [5, 5.41) is 10.9. The van der Waals surface area contributed by atoms with Gasteiger partial charge < -0.3 is 5.11 Å². The predicted octanol–water partition coefficient (Wildman–Crippen LogP) is 1.91. The quantitative estimate of drug-likeness (QED) is 0.924. The molecular formula is C12H19NO3S2. The van der Waals surface area contributed by atoms with E-state index in [-0.39, 0.29) is 11.5 Å². The number of thiophene rings is 1. The summed E-state index contributed by atoms with van der Waals surface area (Å²) in [6.07, 6.45) is 0.902. The minimum atomic E-state index is -3.43. The van der Waals surface area contributed by atoms with Crippen molar-refractivity contribution < 1.29 is 13.5 Å². The fraction of sp³-hybridized carbons (Fsp3) is 0.667. The normalized spacial score (nSPS) is 26.4. The molecule has 0 saturated carbocycles. The molecule has 2 unspecified atom stereocenters. The van der Waals surface area contributed by atoms with E-state index in [4.69, 9.17) is 0 Å². The Morgan fingerprint density at radius 1 is 1.44 bits per heavy atom. The third-order valence-corrected chi connectivity index (χ3v) is 6.75. The third-order valence-electron chi connectivity index (χ3n) is 3.76. The van der Waals surface area contributed by atoms with Gasteiger partial charge in [0.1, 0.15) is 0 Å². The van der Waals surface area contributed by atoms with Crippen LogP contribution in [-0.4, -0.2) is 30.9 Å².